The Morgan fingerprint density at radius 2 is 2.00 bits per heavy atom. The fourth-order valence-electron chi connectivity index (χ4n) is 2.88. The van der Waals surface area contributed by atoms with Crippen molar-refractivity contribution in [2.75, 3.05) is 26.7 Å². The van der Waals surface area contributed by atoms with E-state index in [9.17, 15) is 9.59 Å². The predicted octanol–water partition coefficient (Wildman–Crippen LogP) is 1.34. The van der Waals surface area contributed by atoms with E-state index in [2.05, 4.69) is 10.6 Å². The monoisotopic (exact) mass is 317 g/mol. The number of amides is 2. The summed E-state index contributed by atoms with van der Waals surface area (Å²) < 4.78 is 0. The van der Waals surface area contributed by atoms with Crippen molar-refractivity contribution in [3.8, 4) is 0 Å². The van der Waals surface area contributed by atoms with Crippen LogP contribution >= 0.6 is 0 Å². The van der Waals surface area contributed by atoms with Gasteiger partial charge in [0.25, 0.3) is 0 Å². The number of hydrogen-bond donors (Lipinski definition) is 2. The number of benzene rings is 1. The van der Waals surface area contributed by atoms with Gasteiger partial charge in [-0.3, -0.25) is 9.59 Å². The summed E-state index contributed by atoms with van der Waals surface area (Å²) in [7, 11) is 1.88. The molecular weight excluding hydrogens is 290 g/mol. The highest BCUT2D eigenvalue weighted by Crippen LogP contribution is 2.12. The molecule has 2 N–H and O–H groups in total. The number of carbonyl (C=O) groups excluding carboxylic acids is 2. The first-order valence-corrected chi connectivity index (χ1v) is 8.44. The molecule has 0 bridgehead atoms. The highest BCUT2D eigenvalue weighted by atomic mass is 16.2. The molecule has 1 atom stereocenters. The van der Waals surface area contributed by atoms with E-state index in [1.54, 1.807) is 0 Å². The van der Waals surface area contributed by atoms with E-state index in [4.69, 9.17) is 0 Å². The van der Waals surface area contributed by atoms with Gasteiger partial charge in [0.15, 0.2) is 0 Å². The van der Waals surface area contributed by atoms with Crippen molar-refractivity contribution in [2.45, 2.75) is 38.1 Å². The molecule has 126 valence electrons. The third kappa shape index (κ3) is 6.02. The van der Waals surface area contributed by atoms with Crippen LogP contribution in [0.5, 0.6) is 0 Å². The van der Waals surface area contributed by atoms with Gasteiger partial charge in [-0.15, -0.1) is 0 Å². The maximum Gasteiger partial charge on any atom is 0.222 e. The first-order valence-electron chi connectivity index (χ1n) is 8.44. The van der Waals surface area contributed by atoms with Crippen molar-refractivity contribution in [1.29, 1.82) is 0 Å². The summed E-state index contributed by atoms with van der Waals surface area (Å²) in [5.41, 5.74) is 1.19. The standard InChI is InChI=1S/C18H27N3O2/c1-19-12-5-8-17(22)20-16-11-13-21(14-16)18(23)10-9-15-6-3-2-4-7-15/h2-4,6-7,16,19H,5,8-14H2,1H3,(H,20,22). The smallest absolute Gasteiger partial charge is 0.222 e. The molecule has 1 heterocycles. The minimum atomic E-state index is 0.0869. The van der Waals surface area contributed by atoms with Crippen molar-refractivity contribution in [2.24, 2.45) is 0 Å². The first kappa shape index (κ1) is 17.5. The fraction of sp³-hybridized carbons (Fsp3) is 0.556. The molecule has 0 radical (unpaired) electrons. The Hall–Kier alpha value is -1.88. The summed E-state index contributed by atoms with van der Waals surface area (Å²) in [6.45, 7) is 2.24. The van der Waals surface area contributed by atoms with Crippen LogP contribution in [0.25, 0.3) is 0 Å². The Kier molecular flexibility index (Phi) is 7.07. The summed E-state index contributed by atoms with van der Waals surface area (Å²) >= 11 is 0. The second-order valence-electron chi connectivity index (χ2n) is 6.09. The van der Waals surface area contributed by atoms with Crippen LogP contribution in [-0.2, 0) is 16.0 Å². The Balaban J connectivity index is 1.67. The SMILES string of the molecule is CNCCCC(=O)NC1CCN(C(=O)CCc2ccccc2)C1. The molecule has 1 aliphatic heterocycles. The molecule has 1 aliphatic rings. The summed E-state index contributed by atoms with van der Waals surface area (Å²) in [6.07, 6.45) is 3.55. The molecular formula is C18H27N3O2. The van der Waals surface area contributed by atoms with E-state index >= 15 is 0 Å². The van der Waals surface area contributed by atoms with Crippen LogP contribution in [-0.4, -0.2) is 49.4 Å². The van der Waals surface area contributed by atoms with Crippen LogP contribution in [0.3, 0.4) is 0 Å². The van der Waals surface area contributed by atoms with Gasteiger partial charge in [-0.1, -0.05) is 30.3 Å². The molecule has 0 saturated carbocycles. The number of carbonyl (C=O) groups is 2. The van der Waals surface area contributed by atoms with Gasteiger partial charge in [-0.2, -0.15) is 0 Å². The van der Waals surface area contributed by atoms with Gasteiger partial charge in [-0.25, -0.2) is 0 Å². The molecule has 2 amide bonds. The molecule has 0 spiro atoms. The quantitative estimate of drug-likeness (QED) is 0.711. The molecule has 2 rings (SSSR count). The second-order valence-corrected chi connectivity index (χ2v) is 6.09. The van der Waals surface area contributed by atoms with Gasteiger partial charge >= 0.3 is 0 Å². The number of nitrogens with one attached hydrogen (secondary N) is 2. The minimum absolute atomic E-state index is 0.0869. The largest absolute Gasteiger partial charge is 0.352 e. The van der Waals surface area contributed by atoms with Gasteiger partial charge in [0.05, 0.1) is 0 Å². The number of rotatable bonds is 8. The molecule has 1 fully saturated rings. The van der Waals surface area contributed by atoms with Crippen molar-refractivity contribution in [1.82, 2.24) is 15.5 Å². The van der Waals surface area contributed by atoms with Crippen molar-refractivity contribution >= 4 is 11.8 Å². The molecule has 0 aliphatic carbocycles. The highest BCUT2D eigenvalue weighted by Gasteiger charge is 2.26. The Labute approximate surface area is 138 Å². The molecule has 23 heavy (non-hydrogen) atoms. The molecule has 1 aromatic rings. The van der Waals surface area contributed by atoms with Crippen LogP contribution in [0.15, 0.2) is 30.3 Å². The topological polar surface area (TPSA) is 61.4 Å². The minimum Gasteiger partial charge on any atom is -0.352 e. The molecule has 1 aromatic carbocycles. The lowest BCUT2D eigenvalue weighted by molar-refractivity contribution is -0.130. The van der Waals surface area contributed by atoms with Gasteiger partial charge in [0.2, 0.25) is 11.8 Å². The van der Waals surface area contributed by atoms with E-state index < -0.39 is 0 Å². The van der Waals surface area contributed by atoms with E-state index in [1.165, 1.54) is 5.56 Å². The van der Waals surface area contributed by atoms with E-state index in [1.807, 2.05) is 42.3 Å². The van der Waals surface area contributed by atoms with Crippen LogP contribution in [0.4, 0.5) is 0 Å². The van der Waals surface area contributed by atoms with Gasteiger partial charge in [-0.05, 0) is 38.4 Å². The summed E-state index contributed by atoms with van der Waals surface area (Å²) in [6, 6.07) is 10.2. The van der Waals surface area contributed by atoms with Gasteiger partial charge in [0, 0.05) is 32.0 Å². The first-order chi connectivity index (χ1) is 11.2. The lowest BCUT2D eigenvalue weighted by Crippen LogP contribution is -2.38. The Morgan fingerprint density at radius 3 is 2.74 bits per heavy atom. The third-order valence-corrected chi connectivity index (χ3v) is 4.21. The number of likely N-dealkylation sites (tertiary alicyclic amines) is 1. The second kappa shape index (κ2) is 9.30. The summed E-state index contributed by atoms with van der Waals surface area (Å²) in [5, 5.41) is 6.07. The average Bonchev–Trinajstić information content (AvgIpc) is 3.02. The molecule has 0 aromatic heterocycles. The Morgan fingerprint density at radius 1 is 1.22 bits per heavy atom. The number of hydrogen-bond acceptors (Lipinski definition) is 3. The maximum absolute atomic E-state index is 12.3. The van der Waals surface area contributed by atoms with Gasteiger partial charge in [0.1, 0.15) is 0 Å². The predicted molar refractivity (Wildman–Crippen MR) is 91.1 cm³/mol. The Bertz CT molecular complexity index is 504. The summed E-state index contributed by atoms with van der Waals surface area (Å²) in [4.78, 5) is 26.0. The maximum atomic E-state index is 12.3. The zero-order valence-electron chi connectivity index (χ0n) is 13.9. The van der Waals surface area contributed by atoms with E-state index in [-0.39, 0.29) is 17.9 Å². The number of aryl methyl sites for hydroxylation is 1. The van der Waals surface area contributed by atoms with Crippen LogP contribution < -0.4 is 10.6 Å². The zero-order chi connectivity index (χ0) is 16.5. The third-order valence-electron chi connectivity index (χ3n) is 4.21. The normalized spacial score (nSPS) is 17.3. The van der Waals surface area contributed by atoms with Crippen molar-refractivity contribution in [3.63, 3.8) is 0 Å². The van der Waals surface area contributed by atoms with Gasteiger partial charge < -0.3 is 15.5 Å². The molecule has 1 unspecified atom stereocenters. The lowest BCUT2D eigenvalue weighted by Gasteiger charge is -2.17. The summed E-state index contributed by atoms with van der Waals surface area (Å²) in [5.74, 6) is 0.268. The lowest BCUT2D eigenvalue weighted by atomic mass is 10.1. The van der Waals surface area contributed by atoms with Crippen LogP contribution in [0.1, 0.15) is 31.2 Å². The van der Waals surface area contributed by atoms with Crippen molar-refractivity contribution < 1.29 is 9.59 Å². The van der Waals surface area contributed by atoms with Crippen molar-refractivity contribution in [3.05, 3.63) is 35.9 Å². The zero-order valence-corrected chi connectivity index (χ0v) is 13.9. The van der Waals surface area contributed by atoms with Crippen LogP contribution in [0, 0.1) is 0 Å². The van der Waals surface area contributed by atoms with E-state index in [0.29, 0.717) is 19.4 Å². The highest BCUT2D eigenvalue weighted by molar-refractivity contribution is 5.78. The molecule has 1 saturated heterocycles. The number of nitrogens with zero attached hydrogens (tertiary/aromatic N) is 1. The average molecular weight is 317 g/mol. The fourth-order valence-corrected chi connectivity index (χ4v) is 2.88. The van der Waals surface area contributed by atoms with E-state index in [0.717, 1.165) is 32.4 Å². The van der Waals surface area contributed by atoms with Crippen LogP contribution in [0.2, 0.25) is 0 Å². The molecule has 5 nitrogen and oxygen atoms in total. The molecule has 5 heteroatoms.